The molecule has 2 heterocycles. The first-order valence-corrected chi connectivity index (χ1v) is 25.9. The number of aryl methyl sites for hydroxylation is 2. The van der Waals surface area contributed by atoms with Gasteiger partial charge in [-0.1, -0.05) is 173 Å². The van der Waals surface area contributed by atoms with Crippen LogP contribution >= 0.6 is 0 Å². The van der Waals surface area contributed by atoms with Crippen molar-refractivity contribution in [2.45, 2.75) is 249 Å². The number of ether oxygens (including phenoxy) is 3. The van der Waals surface area contributed by atoms with Gasteiger partial charge in [0.1, 0.15) is 42.4 Å². The van der Waals surface area contributed by atoms with Gasteiger partial charge < -0.3 is 50.2 Å². The SMILES string of the molecule is CCCCCCCCCCCCCCCCCCCCCCCCCC(=O)N[C@@H](CO[C@H]1O[C@H](CO)[C@H](O)[C@H](O)[C@H]1O)[C@H](O)[C@H](O)c1cnn(CCCCCCc2ccc(OC)cc2)c1. The van der Waals surface area contributed by atoms with Crippen molar-refractivity contribution in [1.82, 2.24) is 15.1 Å². The number of methoxy groups -OCH3 is 1. The first-order chi connectivity index (χ1) is 31.7. The third kappa shape index (κ3) is 23.8. The molecule has 374 valence electrons. The van der Waals surface area contributed by atoms with Crippen LogP contribution in [0, 0.1) is 0 Å². The molecule has 0 radical (unpaired) electrons. The molecule has 0 spiro atoms. The maximum atomic E-state index is 13.2. The molecule has 13 heteroatoms. The zero-order valence-electron chi connectivity index (χ0n) is 40.4. The Labute approximate surface area is 392 Å². The Morgan fingerprint density at radius 3 is 1.74 bits per heavy atom. The Bertz CT molecular complexity index is 1440. The average molecular weight is 918 g/mol. The van der Waals surface area contributed by atoms with E-state index >= 15 is 0 Å². The van der Waals surface area contributed by atoms with Crippen LogP contribution in [0.15, 0.2) is 36.7 Å². The van der Waals surface area contributed by atoms with E-state index in [0.29, 0.717) is 18.5 Å². The van der Waals surface area contributed by atoms with Crippen molar-refractivity contribution in [3.8, 4) is 5.75 Å². The monoisotopic (exact) mass is 918 g/mol. The molecule has 1 aliphatic rings. The van der Waals surface area contributed by atoms with Crippen molar-refractivity contribution in [2.24, 2.45) is 0 Å². The molecule has 7 N–H and O–H groups in total. The van der Waals surface area contributed by atoms with Gasteiger partial charge in [0.15, 0.2) is 6.29 Å². The molecule has 1 amide bonds. The highest BCUT2D eigenvalue weighted by Gasteiger charge is 2.44. The molecule has 1 aromatic heterocycles. The van der Waals surface area contributed by atoms with Crippen LogP contribution in [0.5, 0.6) is 5.75 Å². The van der Waals surface area contributed by atoms with Crippen molar-refractivity contribution in [2.75, 3.05) is 20.3 Å². The van der Waals surface area contributed by atoms with Crippen LogP contribution in [-0.2, 0) is 27.2 Å². The number of aromatic nitrogens is 2. The minimum atomic E-state index is -1.65. The van der Waals surface area contributed by atoms with Crippen LogP contribution in [0.1, 0.15) is 204 Å². The van der Waals surface area contributed by atoms with Crippen LogP contribution in [0.2, 0.25) is 0 Å². The Morgan fingerprint density at radius 1 is 0.708 bits per heavy atom. The summed E-state index contributed by atoms with van der Waals surface area (Å²) in [6.07, 6.45) is 27.8. The smallest absolute Gasteiger partial charge is 0.220 e. The lowest BCUT2D eigenvalue weighted by Crippen LogP contribution is -2.60. The first kappa shape index (κ1) is 56.7. The van der Waals surface area contributed by atoms with Crippen molar-refractivity contribution in [3.05, 3.63) is 47.8 Å². The van der Waals surface area contributed by atoms with Gasteiger partial charge in [-0.05, 0) is 43.4 Å². The number of aliphatic hydroxyl groups excluding tert-OH is 6. The third-order valence-corrected chi connectivity index (χ3v) is 13.1. The van der Waals surface area contributed by atoms with Crippen molar-refractivity contribution in [3.63, 3.8) is 0 Å². The Balaban J connectivity index is 1.31. The molecule has 0 unspecified atom stereocenters. The zero-order valence-corrected chi connectivity index (χ0v) is 40.4. The summed E-state index contributed by atoms with van der Waals surface area (Å²) in [5.41, 5.74) is 1.65. The lowest BCUT2D eigenvalue weighted by molar-refractivity contribution is -0.303. The van der Waals surface area contributed by atoms with E-state index in [1.165, 1.54) is 134 Å². The summed E-state index contributed by atoms with van der Waals surface area (Å²) in [5.74, 6) is 0.535. The van der Waals surface area contributed by atoms with Gasteiger partial charge in [-0.25, -0.2) is 0 Å². The van der Waals surface area contributed by atoms with E-state index in [-0.39, 0.29) is 12.3 Å². The normalized spacial score (nSPS) is 20.2. The van der Waals surface area contributed by atoms with Gasteiger partial charge in [-0.3, -0.25) is 9.48 Å². The molecule has 65 heavy (non-hydrogen) atoms. The number of hydrogen-bond donors (Lipinski definition) is 7. The number of benzene rings is 1. The highest BCUT2D eigenvalue weighted by molar-refractivity contribution is 5.76. The Hall–Kier alpha value is -2.62. The van der Waals surface area contributed by atoms with Crippen molar-refractivity contribution < 1.29 is 49.6 Å². The second-order valence-corrected chi connectivity index (χ2v) is 18.7. The fraction of sp³-hybridized carbons (Fsp3) is 0.808. The van der Waals surface area contributed by atoms with Gasteiger partial charge in [0.2, 0.25) is 5.91 Å². The minimum Gasteiger partial charge on any atom is -0.497 e. The number of aliphatic hydroxyl groups is 6. The summed E-state index contributed by atoms with van der Waals surface area (Å²) in [4.78, 5) is 13.2. The van der Waals surface area contributed by atoms with Crippen LogP contribution in [-0.4, -0.2) is 110 Å². The van der Waals surface area contributed by atoms with Gasteiger partial charge >= 0.3 is 0 Å². The van der Waals surface area contributed by atoms with Crippen LogP contribution in [0.4, 0.5) is 0 Å². The Kier molecular flexibility index (Phi) is 31.0. The molecule has 0 saturated carbocycles. The molecule has 1 aromatic carbocycles. The molecule has 0 aliphatic carbocycles. The summed E-state index contributed by atoms with van der Waals surface area (Å²) in [6.45, 7) is 1.90. The summed E-state index contributed by atoms with van der Waals surface area (Å²) in [6, 6.07) is 7.01. The van der Waals surface area contributed by atoms with Gasteiger partial charge in [-0.15, -0.1) is 0 Å². The van der Waals surface area contributed by atoms with Crippen molar-refractivity contribution in [1.29, 1.82) is 0 Å². The van der Waals surface area contributed by atoms with E-state index in [0.717, 1.165) is 57.1 Å². The fourth-order valence-corrected chi connectivity index (χ4v) is 8.80. The average Bonchev–Trinajstić information content (AvgIpc) is 3.80. The predicted molar refractivity (Wildman–Crippen MR) is 256 cm³/mol. The zero-order chi connectivity index (χ0) is 46.9. The van der Waals surface area contributed by atoms with Crippen LogP contribution < -0.4 is 10.1 Å². The maximum absolute atomic E-state index is 13.2. The molecule has 1 saturated heterocycles. The number of unbranched alkanes of at least 4 members (excludes halogenated alkanes) is 25. The number of nitrogens with zero attached hydrogens (tertiary/aromatic N) is 2. The minimum absolute atomic E-state index is 0.233. The quantitative estimate of drug-likeness (QED) is 0.0316. The number of nitrogens with one attached hydrogen (secondary N) is 1. The van der Waals surface area contributed by atoms with E-state index in [4.69, 9.17) is 14.2 Å². The topological polar surface area (TPSA) is 196 Å². The van der Waals surface area contributed by atoms with Crippen LogP contribution in [0.3, 0.4) is 0 Å². The molecule has 1 fully saturated rings. The highest BCUT2D eigenvalue weighted by Crippen LogP contribution is 2.25. The molecule has 8 atom stereocenters. The van der Waals surface area contributed by atoms with Crippen LogP contribution in [0.25, 0.3) is 0 Å². The standard InChI is InChI=1S/C52H91N3O10/c1-3-4-5-6-7-8-9-10-11-12-13-14-15-16-17-18-19-20-21-22-23-24-28-31-46(57)54-44(40-64-52-51(62)50(61)49(60)45(39-56)65-52)48(59)47(58)42-37-53-55(38-42)36-29-26-25-27-30-41-32-34-43(63-2)35-33-41/h32-35,37-38,44-45,47-52,56,58-62H,3-31,36,39-40H2,1-2H3,(H,54,57)/t44-,45+,47+,48-,49-,50-,51+,52-/m0/s1. The van der Waals surface area contributed by atoms with E-state index in [1.54, 1.807) is 18.0 Å². The van der Waals surface area contributed by atoms with E-state index in [1.807, 2.05) is 12.1 Å². The number of rotatable bonds is 40. The summed E-state index contributed by atoms with van der Waals surface area (Å²) < 4.78 is 18.2. The fourth-order valence-electron chi connectivity index (χ4n) is 8.80. The number of carbonyl (C=O) groups is 1. The van der Waals surface area contributed by atoms with E-state index in [9.17, 15) is 35.4 Å². The summed E-state index contributed by atoms with van der Waals surface area (Å²) >= 11 is 0. The van der Waals surface area contributed by atoms with Gasteiger partial charge in [0.25, 0.3) is 0 Å². The Morgan fingerprint density at radius 2 is 1.22 bits per heavy atom. The molecule has 3 rings (SSSR count). The lowest BCUT2D eigenvalue weighted by atomic mass is 9.99. The molecular formula is C52H91N3O10. The van der Waals surface area contributed by atoms with E-state index < -0.39 is 62.2 Å². The largest absolute Gasteiger partial charge is 0.497 e. The summed E-state index contributed by atoms with van der Waals surface area (Å²) in [5, 5.41) is 70.5. The van der Waals surface area contributed by atoms with Gasteiger partial charge in [0, 0.05) is 24.7 Å². The first-order valence-electron chi connectivity index (χ1n) is 25.9. The highest BCUT2D eigenvalue weighted by atomic mass is 16.7. The number of carbonyl (C=O) groups excluding carboxylic acids is 1. The van der Waals surface area contributed by atoms with E-state index in [2.05, 4.69) is 29.5 Å². The molecule has 2 aromatic rings. The molecule has 13 nitrogen and oxygen atoms in total. The maximum Gasteiger partial charge on any atom is 0.220 e. The predicted octanol–water partition coefficient (Wildman–Crippen LogP) is 8.77. The third-order valence-electron chi connectivity index (χ3n) is 13.1. The lowest BCUT2D eigenvalue weighted by Gasteiger charge is -2.40. The summed E-state index contributed by atoms with van der Waals surface area (Å²) in [7, 11) is 1.66. The second kappa shape index (κ2) is 35.5. The number of hydrogen-bond acceptors (Lipinski definition) is 11. The van der Waals surface area contributed by atoms with Crippen molar-refractivity contribution >= 4 is 5.91 Å². The molecule has 0 bridgehead atoms. The number of amides is 1. The van der Waals surface area contributed by atoms with Gasteiger partial charge in [0.05, 0.1) is 32.6 Å². The molecule has 1 aliphatic heterocycles. The molecular weight excluding hydrogens is 827 g/mol. The van der Waals surface area contributed by atoms with Gasteiger partial charge in [-0.2, -0.15) is 5.10 Å². The second-order valence-electron chi connectivity index (χ2n) is 18.7.